The predicted octanol–water partition coefficient (Wildman–Crippen LogP) is 1.16. The van der Waals surface area contributed by atoms with Gasteiger partial charge in [-0.2, -0.15) is 10.2 Å². The van der Waals surface area contributed by atoms with Crippen LogP contribution in [0.5, 0.6) is 0 Å². The second-order valence-corrected chi connectivity index (χ2v) is 8.39. The largest absolute Gasteiger partial charge is 0.376 e. The number of aromatic nitrogens is 6. The van der Waals surface area contributed by atoms with E-state index in [0.29, 0.717) is 49.9 Å². The fraction of sp³-hybridized carbons (Fsp3) is 0.280. The van der Waals surface area contributed by atoms with E-state index in [4.69, 9.17) is 9.47 Å². The minimum atomic E-state index is -0.274. The summed E-state index contributed by atoms with van der Waals surface area (Å²) in [5, 5.41) is 11.5. The van der Waals surface area contributed by atoms with E-state index in [1.54, 1.807) is 21.8 Å². The fourth-order valence-corrected chi connectivity index (χ4v) is 3.81. The number of ether oxygens (including phenoxy) is 2. The molecular weight excluding hydrogens is 462 g/mol. The van der Waals surface area contributed by atoms with Crippen molar-refractivity contribution in [1.82, 2.24) is 34.8 Å². The van der Waals surface area contributed by atoms with Crippen LogP contribution in [0.25, 0.3) is 17.1 Å². The monoisotopic (exact) mass is 487 g/mol. The highest BCUT2D eigenvalue weighted by molar-refractivity contribution is 5.93. The zero-order valence-electron chi connectivity index (χ0n) is 19.7. The molecular formula is C25H25N7O4. The van der Waals surface area contributed by atoms with E-state index in [1.807, 2.05) is 37.5 Å². The highest BCUT2D eigenvalue weighted by Gasteiger charge is 2.16. The van der Waals surface area contributed by atoms with E-state index in [9.17, 15) is 9.59 Å². The summed E-state index contributed by atoms with van der Waals surface area (Å²) in [5.41, 5.74) is 3.06. The van der Waals surface area contributed by atoms with Crippen molar-refractivity contribution in [2.24, 2.45) is 7.05 Å². The zero-order chi connectivity index (χ0) is 24.9. The molecule has 1 N–H and O–H groups in total. The van der Waals surface area contributed by atoms with Gasteiger partial charge in [-0.05, 0) is 11.6 Å². The molecule has 11 heteroatoms. The lowest BCUT2D eigenvalue weighted by atomic mass is 10.1. The molecule has 1 aliphatic rings. The molecule has 36 heavy (non-hydrogen) atoms. The topological polar surface area (TPSA) is 126 Å². The minimum Gasteiger partial charge on any atom is -0.376 e. The van der Waals surface area contributed by atoms with Gasteiger partial charge in [-0.15, -0.1) is 0 Å². The molecule has 184 valence electrons. The molecule has 1 atom stereocenters. The van der Waals surface area contributed by atoms with Crippen LogP contribution < -0.4 is 10.7 Å². The third-order valence-corrected chi connectivity index (χ3v) is 5.68. The molecule has 4 aromatic rings. The summed E-state index contributed by atoms with van der Waals surface area (Å²) < 4.78 is 14.2. The smallest absolute Gasteiger partial charge is 0.254 e. The number of amides is 1. The van der Waals surface area contributed by atoms with Gasteiger partial charge >= 0.3 is 0 Å². The van der Waals surface area contributed by atoms with Crippen LogP contribution in [0, 0.1) is 0 Å². The van der Waals surface area contributed by atoms with Crippen molar-refractivity contribution >= 4 is 5.91 Å². The van der Waals surface area contributed by atoms with E-state index in [0.717, 1.165) is 16.8 Å². The summed E-state index contributed by atoms with van der Waals surface area (Å²) in [6.45, 7) is 1.92. The van der Waals surface area contributed by atoms with Gasteiger partial charge in [0.15, 0.2) is 5.82 Å². The van der Waals surface area contributed by atoms with Crippen molar-refractivity contribution in [3.63, 3.8) is 0 Å². The Bertz CT molecular complexity index is 1410. The third-order valence-electron chi connectivity index (χ3n) is 5.68. The normalized spacial score (nSPS) is 15.5. The van der Waals surface area contributed by atoms with E-state index in [-0.39, 0.29) is 17.4 Å². The SMILES string of the molecule is Cn1cc(-n2ccc(=O)c(Cc3cccc(-c4ncc(C(=O)NCC5COCCO5)cn4)c3)n2)cn1. The van der Waals surface area contributed by atoms with Crippen LogP contribution in [0.4, 0.5) is 0 Å². The number of nitrogens with one attached hydrogen (secondary N) is 1. The van der Waals surface area contributed by atoms with Gasteiger partial charge < -0.3 is 14.8 Å². The quantitative estimate of drug-likeness (QED) is 0.412. The summed E-state index contributed by atoms with van der Waals surface area (Å²) in [4.78, 5) is 33.6. The second-order valence-electron chi connectivity index (χ2n) is 8.39. The molecule has 5 rings (SSSR count). The van der Waals surface area contributed by atoms with Gasteiger partial charge in [-0.1, -0.05) is 18.2 Å². The Labute approximate surface area is 206 Å². The Morgan fingerprint density at radius 1 is 1.17 bits per heavy atom. The Morgan fingerprint density at radius 3 is 2.78 bits per heavy atom. The van der Waals surface area contributed by atoms with Crippen molar-refractivity contribution in [2.75, 3.05) is 26.4 Å². The van der Waals surface area contributed by atoms with Crippen LogP contribution in [0.1, 0.15) is 21.6 Å². The van der Waals surface area contributed by atoms with E-state index < -0.39 is 0 Å². The third kappa shape index (κ3) is 5.53. The van der Waals surface area contributed by atoms with Crippen molar-refractivity contribution in [2.45, 2.75) is 12.5 Å². The number of carbonyl (C=O) groups is 1. The number of hydrogen-bond donors (Lipinski definition) is 1. The minimum absolute atomic E-state index is 0.141. The Morgan fingerprint density at radius 2 is 2.03 bits per heavy atom. The molecule has 0 radical (unpaired) electrons. The van der Waals surface area contributed by atoms with Crippen molar-refractivity contribution in [1.29, 1.82) is 0 Å². The summed E-state index contributed by atoms with van der Waals surface area (Å²) in [7, 11) is 1.82. The first-order valence-corrected chi connectivity index (χ1v) is 11.5. The molecule has 1 fully saturated rings. The molecule has 1 aliphatic heterocycles. The molecule has 3 aromatic heterocycles. The van der Waals surface area contributed by atoms with Crippen molar-refractivity contribution < 1.29 is 14.3 Å². The summed E-state index contributed by atoms with van der Waals surface area (Å²) in [6, 6.07) is 9.09. The molecule has 0 aliphatic carbocycles. The highest BCUT2D eigenvalue weighted by atomic mass is 16.6. The number of benzene rings is 1. The van der Waals surface area contributed by atoms with E-state index in [2.05, 4.69) is 25.5 Å². The standard InChI is InChI=1S/C25H25N7O4/c1-31-15-20(13-29-31)32-6-5-23(33)22(30-32)10-17-3-2-4-18(9-17)24-26-11-19(12-27-24)25(34)28-14-21-16-35-7-8-36-21/h2-6,9,11-13,15,21H,7-8,10,14,16H2,1H3,(H,28,34). The zero-order valence-corrected chi connectivity index (χ0v) is 19.7. The maximum atomic E-state index is 12.4. The van der Waals surface area contributed by atoms with Crippen LogP contribution in [0.2, 0.25) is 0 Å². The lowest BCUT2D eigenvalue weighted by Gasteiger charge is -2.22. The number of hydrogen-bond acceptors (Lipinski definition) is 8. The van der Waals surface area contributed by atoms with E-state index in [1.165, 1.54) is 18.5 Å². The van der Waals surface area contributed by atoms with Crippen molar-refractivity contribution in [3.05, 3.63) is 88.4 Å². The van der Waals surface area contributed by atoms with Gasteiger partial charge in [0.25, 0.3) is 5.91 Å². The first-order chi connectivity index (χ1) is 17.5. The van der Waals surface area contributed by atoms with Gasteiger partial charge in [-0.25, -0.2) is 14.6 Å². The predicted molar refractivity (Wildman–Crippen MR) is 130 cm³/mol. The molecule has 1 amide bonds. The average molecular weight is 488 g/mol. The average Bonchev–Trinajstić information content (AvgIpc) is 3.35. The van der Waals surface area contributed by atoms with Gasteiger partial charge in [-0.3, -0.25) is 14.3 Å². The summed E-state index contributed by atoms with van der Waals surface area (Å²) in [6.07, 6.45) is 8.31. The maximum absolute atomic E-state index is 12.4. The van der Waals surface area contributed by atoms with Gasteiger partial charge in [0.1, 0.15) is 11.4 Å². The maximum Gasteiger partial charge on any atom is 0.254 e. The van der Waals surface area contributed by atoms with Gasteiger partial charge in [0, 0.05) is 50.2 Å². The van der Waals surface area contributed by atoms with Crippen LogP contribution in [0.15, 0.2) is 66.1 Å². The molecule has 11 nitrogen and oxygen atoms in total. The molecule has 1 unspecified atom stereocenters. The summed E-state index contributed by atoms with van der Waals surface area (Å²) >= 11 is 0. The Hall–Kier alpha value is -4.22. The number of nitrogens with zero attached hydrogens (tertiary/aromatic N) is 6. The lowest BCUT2D eigenvalue weighted by Crippen LogP contribution is -2.39. The van der Waals surface area contributed by atoms with Crippen LogP contribution in [0.3, 0.4) is 0 Å². The molecule has 0 spiro atoms. The fourth-order valence-electron chi connectivity index (χ4n) is 3.81. The molecule has 4 heterocycles. The number of rotatable bonds is 7. The Kier molecular flexibility index (Phi) is 6.92. The van der Waals surface area contributed by atoms with Gasteiger partial charge in [0.05, 0.1) is 43.9 Å². The van der Waals surface area contributed by atoms with Crippen molar-refractivity contribution in [3.8, 4) is 17.1 Å². The number of carbonyl (C=O) groups excluding carboxylic acids is 1. The van der Waals surface area contributed by atoms with E-state index >= 15 is 0 Å². The Balaban J connectivity index is 1.27. The molecule has 1 aromatic carbocycles. The lowest BCUT2D eigenvalue weighted by molar-refractivity contribution is -0.0855. The first kappa shape index (κ1) is 23.5. The van der Waals surface area contributed by atoms with Crippen LogP contribution in [-0.4, -0.2) is 67.9 Å². The van der Waals surface area contributed by atoms with Crippen LogP contribution in [-0.2, 0) is 22.9 Å². The highest BCUT2D eigenvalue weighted by Crippen LogP contribution is 2.18. The molecule has 0 saturated carbocycles. The summed E-state index contributed by atoms with van der Waals surface area (Å²) in [5.74, 6) is 0.204. The first-order valence-electron chi connectivity index (χ1n) is 11.5. The molecule has 0 bridgehead atoms. The second kappa shape index (κ2) is 10.6. The molecule has 1 saturated heterocycles. The van der Waals surface area contributed by atoms with Gasteiger partial charge in [0.2, 0.25) is 5.43 Å². The number of aryl methyl sites for hydroxylation is 1. The van der Waals surface area contributed by atoms with Crippen LogP contribution >= 0.6 is 0 Å².